The lowest BCUT2D eigenvalue weighted by molar-refractivity contribution is 0.624. The summed E-state index contributed by atoms with van der Waals surface area (Å²) >= 11 is 4.33. The minimum Gasteiger partial charge on any atom is -0.399 e. The molecule has 0 aromatic rings. The van der Waals surface area contributed by atoms with Gasteiger partial charge in [0.15, 0.2) is 0 Å². The van der Waals surface area contributed by atoms with Gasteiger partial charge in [-0.15, -0.1) is 0 Å². The van der Waals surface area contributed by atoms with Crippen molar-refractivity contribution in [1.29, 1.82) is 0 Å². The van der Waals surface area contributed by atoms with Crippen LogP contribution >= 0.6 is 12.6 Å². The van der Waals surface area contributed by atoms with E-state index in [4.69, 9.17) is 5.73 Å². The average molecular weight is 219 g/mol. The summed E-state index contributed by atoms with van der Waals surface area (Å²) in [5, 5.41) is 0. The van der Waals surface area contributed by atoms with Gasteiger partial charge >= 0.3 is 0 Å². The summed E-state index contributed by atoms with van der Waals surface area (Å²) in [6, 6.07) is 0. The first-order valence-corrected chi connectivity index (χ1v) is 6.01. The zero-order chi connectivity index (χ0) is 10.8. The molecule has 3 unspecified atom stereocenters. The monoisotopic (exact) mass is 219 g/mol. The maximum Gasteiger partial charge on any atom is 0.0312 e. The Hall–Kier alpha value is -0.890. The number of allylic oxidation sites excluding steroid dienone is 7. The van der Waals surface area contributed by atoms with E-state index in [1.807, 2.05) is 0 Å². The van der Waals surface area contributed by atoms with Gasteiger partial charge in [0.1, 0.15) is 0 Å². The smallest absolute Gasteiger partial charge is 0.0312 e. The molecule has 0 aromatic heterocycles. The van der Waals surface area contributed by atoms with Crippen molar-refractivity contribution in [3.63, 3.8) is 0 Å². The normalized spacial score (nSPS) is 30.5. The third kappa shape index (κ3) is 2.05. The van der Waals surface area contributed by atoms with Crippen LogP contribution in [0.2, 0.25) is 0 Å². The molecule has 2 aliphatic rings. The molecule has 80 valence electrons. The lowest BCUT2D eigenvalue weighted by Crippen LogP contribution is -2.21. The van der Waals surface area contributed by atoms with E-state index in [-0.39, 0.29) is 0 Å². The molecular formula is C13H17NS. The Morgan fingerprint density at radius 3 is 2.47 bits per heavy atom. The number of hydrogen-bond donors (Lipinski definition) is 2. The number of hydrogen-bond acceptors (Lipinski definition) is 2. The Morgan fingerprint density at radius 1 is 1.27 bits per heavy atom. The van der Waals surface area contributed by atoms with E-state index in [0.29, 0.717) is 17.8 Å². The zero-order valence-electron chi connectivity index (χ0n) is 8.93. The van der Waals surface area contributed by atoms with E-state index in [1.54, 1.807) is 0 Å². The highest BCUT2D eigenvalue weighted by molar-refractivity contribution is 7.80. The van der Waals surface area contributed by atoms with Gasteiger partial charge in [0.2, 0.25) is 0 Å². The van der Waals surface area contributed by atoms with Crippen LogP contribution in [0.4, 0.5) is 0 Å². The predicted molar refractivity (Wildman–Crippen MR) is 68.6 cm³/mol. The van der Waals surface area contributed by atoms with Crippen molar-refractivity contribution in [3.05, 3.63) is 47.7 Å². The van der Waals surface area contributed by atoms with Crippen LogP contribution in [0.3, 0.4) is 0 Å². The molecule has 2 aliphatic carbocycles. The van der Waals surface area contributed by atoms with Crippen molar-refractivity contribution < 1.29 is 0 Å². The molecule has 0 fully saturated rings. The van der Waals surface area contributed by atoms with Gasteiger partial charge in [-0.25, -0.2) is 0 Å². The summed E-state index contributed by atoms with van der Waals surface area (Å²) in [6.45, 7) is 2.17. The summed E-state index contributed by atoms with van der Waals surface area (Å²) in [5.74, 6) is 2.22. The highest BCUT2D eigenvalue weighted by Gasteiger charge is 2.23. The first-order chi connectivity index (χ1) is 7.22. The molecule has 2 N–H and O–H groups in total. The highest BCUT2D eigenvalue weighted by Crippen LogP contribution is 2.33. The van der Waals surface area contributed by atoms with Crippen LogP contribution in [0.25, 0.3) is 0 Å². The molecule has 0 spiro atoms. The molecule has 15 heavy (non-hydrogen) atoms. The van der Waals surface area contributed by atoms with Gasteiger partial charge in [0.25, 0.3) is 0 Å². The number of nitrogens with two attached hydrogens (primary N) is 1. The Kier molecular flexibility index (Phi) is 3.06. The standard InChI is InChI=1S/C13H17NS/c1-9(8-15)12-6-10-4-2-3-5-11(10)7-13(12)14/h2-7,9-11,15H,8,14H2,1H3. The number of fused-ring (bicyclic) bond motifs is 1. The van der Waals surface area contributed by atoms with E-state index in [2.05, 4.69) is 56.0 Å². The van der Waals surface area contributed by atoms with Crippen LogP contribution in [0.5, 0.6) is 0 Å². The summed E-state index contributed by atoms with van der Waals surface area (Å²) in [4.78, 5) is 0. The molecule has 0 aromatic carbocycles. The minimum absolute atomic E-state index is 0.435. The van der Waals surface area contributed by atoms with E-state index in [1.165, 1.54) is 5.57 Å². The molecule has 0 radical (unpaired) electrons. The lowest BCUT2D eigenvalue weighted by Gasteiger charge is -2.27. The third-order valence-electron chi connectivity index (χ3n) is 3.10. The van der Waals surface area contributed by atoms with Crippen molar-refractivity contribution in [2.75, 3.05) is 5.75 Å². The lowest BCUT2D eigenvalue weighted by atomic mass is 9.79. The Balaban J connectivity index is 2.27. The van der Waals surface area contributed by atoms with Crippen LogP contribution < -0.4 is 5.73 Å². The first-order valence-electron chi connectivity index (χ1n) is 5.37. The summed E-state index contributed by atoms with van der Waals surface area (Å²) < 4.78 is 0. The number of rotatable bonds is 2. The highest BCUT2D eigenvalue weighted by atomic mass is 32.1. The number of thiol groups is 1. The van der Waals surface area contributed by atoms with Crippen LogP contribution in [-0.4, -0.2) is 5.75 Å². The maximum atomic E-state index is 6.06. The minimum atomic E-state index is 0.435. The van der Waals surface area contributed by atoms with E-state index in [9.17, 15) is 0 Å². The zero-order valence-corrected chi connectivity index (χ0v) is 9.82. The van der Waals surface area contributed by atoms with Gasteiger partial charge in [-0.3, -0.25) is 0 Å². The van der Waals surface area contributed by atoms with Gasteiger partial charge in [-0.05, 0) is 17.2 Å². The molecule has 3 atom stereocenters. The van der Waals surface area contributed by atoms with Crippen LogP contribution in [-0.2, 0) is 0 Å². The van der Waals surface area contributed by atoms with Crippen molar-refractivity contribution in [1.82, 2.24) is 0 Å². The van der Waals surface area contributed by atoms with Gasteiger partial charge in [0.05, 0.1) is 0 Å². The van der Waals surface area contributed by atoms with Crippen molar-refractivity contribution >= 4 is 12.6 Å². The largest absolute Gasteiger partial charge is 0.399 e. The van der Waals surface area contributed by atoms with Crippen LogP contribution in [0.1, 0.15) is 6.92 Å². The second-order valence-electron chi connectivity index (χ2n) is 4.25. The molecule has 0 aliphatic heterocycles. The molecule has 0 bridgehead atoms. The summed E-state index contributed by atoms with van der Waals surface area (Å²) in [6.07, 6.45) is 13.1. The van der Waals surface area contributed by atoms with Crippen molar-refractivity contribution in [3.8, 4) is 0 Å². The predicted octanol–water partition coefficient (Wildman–Crippen LogP) is 2.69. The Bertz CT molecular complexity index is 363. The Morgan fingerprint density at radius 2 is 1.87 bits per heavy atom. The van der Waals surface area contributed by atoms with Gasteiger partial charge in [0, 0.05) is 17.5 Å². The fourth-order valence-electron chi connectivity index (χ4n) is 2.13. The molecule has 0 saturated heterocycles. The topological polar surface area (TPSA) is 26.0 Å². The summed E-state index contributed by atoms with van der Waals surface area (Å²) in [5.41, 5.74) is 8.25. The second-order valence-corrected chi connectivity index (χ2v) is 4.62. The van der Waals surface area contributed by atoms with Gasteiger partial charge in [-0.2, -0.15) is 12.6 Å². The van der Waals surface area contributed by atoms with Gasteiger partial charge < -0.3 is 5.73 Å². The molecule has 0 amide bonds. The van der Waals surface area contributed by atoms with E-state index < -0.39 is 0 Å². The van der Waals surface area contributed by atoms with Gasteiger partial charge in [-0.1, -0.05) is 43.4 Å². The molecule has 2 rings (SSSR count). The average Bonchev–Trinajstić information content (AvgIpc) is 2.27. The second kappa shape index (κ2) is 4.31. The first kappa shape index (κ1) is 10.6. The molecule has 0 saturated carbocycles. The van der Waals surface area contributed by atoms with Crippen LogP contribution in [0, 0.1) is 17.8 Å². The Labute approximate surface area is 96.8 Å². The molecular weight excluding hydrogens is 202 g/mol. The fourth-order valence-corrected chi connectivity index (χ4v) is 2.33. The third-order valence-corrected chi connectivity index (χ3v) is 3.65. The SMILES string of the molecule is CC(CS)C1=CC2C=CC=CC2C=C1N. The maximum absolute atomic E-state index is 6.06. The van der Waals surface area contributed by atoms with E-state index in [0.717, 1.165) is 11.4 Å². The summed E-state index contributed by atoms with van der Waals surface area (Å²) in [7, 11) is 0. The van der Waals surface area contributed by atoms with Crippen LogP contribution in [0.15, 0.2) is 47.7 Å². The van der Waals surface area contributed by atoms with Crippen molar-refractivity contribution in [2.45, 2.75) is 6.92 Å². The molecule has 0 heterocycles. The molecule has 1 nitrogen and oxygen atoms in total. The van der Waals surface area contributed by atoms with Crippen molar-refractivity contribution in [2.24, 2.45) is 23.5 Å². The fraction of sp³-hybridized carbons (Fsp3) is 0.385. The van der Waals surface area contributed by atoms with E-state index >= 15 is 0 Å². The quantitative estimate of drug-likeness (QED) is 0.686. The molecule has 2 heteroatoms.